The Morgan fingerprint density at radius 3 is 2.79 bits per heavy atom. The molecule has 10 heteroatoms. The van der Waals surface area contributed by atoms with Crippen molar-refractivity contribution in [3.05, 3.63) is 20.9 Å². The van der Waals surface area contributed by atoms with E-state index in [1.807, 2.05) is 16.7 Å². The predicted octanol–water partition coefficient (Wildman–Crippen LogP) is 3.51. The largest absolute Gasteiger partial charge is 0.470 e. The fraction of sp³-hybridized carbons (Fsp3) is 0.632. The Hall–Kier alpha value is -0.433. The van der Waals surface area contributed by atoms with Crippen molar-refractivity contribution < 1.29 is 24.1 Å². The first kappa shape index (κ1) is 21.8. The second-order valence-corrected chi connectivity index (χ2v) is 15.9. The number of fused-ring (bicyclic) bond motifs is 2. The van der Waals surface area contributed by atoms with Gasteiger partial charge in [-0.3, -0.25) is 4.57 Å². The topological polar surface area (TPSA) is 75.0 Å². The Bertz CT molecular complexity index is 890. The molecule has 4 atom stereocenters. The summed E-state index contributed by atoms with van der Waals surface area (Å²) in [5, 5.41) is 10.4. The van der Waals surface area contributed by atoms with E-state index in [4.69, 9.17) is 30.5 Å². The molecule has 2 saturated heterocycles. The van der Waals surface area contributed by atoms with E-state index in [1.165, 1.54) is 0 Å². The number of hydrogen-bond acceptors (Lipinski definition) is 6. The van der Waals surface area contributed by atoms with Crippen LogP contribution >= 0.6 is 34.2 Å². The first-order valence-electron chi connectivity index (χ1n) is 9.74. The quantitative estimate of drug-likeness (QED) is 0.245. The zero-order chi connectivity index (χ0) is 20.8. The summed E-state index contributed by atoms with van der Waals surface area (Å²) in [6.45, 7) is 8.71. The number of rotatable bonds is 7. The monoisotopic (exact) mass is 552 g/mol. The molecule has 2 aromatic rings. The van der Waals surface area contributed by atoms with Crippen LogP contribution < -0.4 is 4.74 Å². The van der Waals surface area contributed by atoms with Crippen LogP contribution in [-0.2, 0) is 20.9 Å². The van der Waals surface area contributed by atoms with Gasteiger partial charge in [-0.05, 0) is 34.7 Å². The molecule has 4 rings (SSSR count). The van der Waals surface area contributed by atoms with E-state index in [0.29, 0.717) is 31.0 Å². The Labute approximate surface area is 189 Å². The number of halogens is 2. The molecule has 1 N–H and O–H groups in total. The molecule has 0 spiro atoms. The summed E-state index contributed by atoms with van der Waals surface area (Å²) in [6, 6.07) is 4.96. The molecule has 0 bridgehead atoms. The molecule has 2 aromatic heterocycles. The molecule has 4 heterocycles. The van der Waals surface area contributed by atoms with Crippen molar-refractivity contribution in [1.82, 2.24) is 9.55 Å². The van der Waals surface area contributed by atoms with E-state index in [2.05, 4.69) is 47.2 Å². The lowest BCUT2D eigenvalue weighted by Crippen LogP contribution is -2.35. The maximum atomic E-state index is 9.97. The zero-order valence-electron chi connectivity index (χ0n) is 16.7. The standard InChI is InChI=1S/C19H26ClIN2O5Si/c1-29(2,3)5-4-25-10-23-13-6-11(21)19(20)22-12(13)7-16(23)28-15-9-27-17-14(24)8-26-18(15)17/h6-7,14-15,17-18,24H,4-5,8-10H2,1-3H3/t14-,15-,17-,18-/m1/s1. The zero-order valence-corrected chi connectivity index (χ0v) is 20.6. The van der Waals surface area contributed by atoms with Gasteiger partial charge in [0.15, 0.2) is 12.0 Å². The van der Waals surface area contributed by atoms with Crippen LogP contribution in [0.1, 0.15) is 0 Å². The van der Waals surface area contributed by atoms with Gasteiger partial charge < -0.3 is 24.1 Å². The fourth-order valence-electron chi connectivity index (χ4n) is 3.57. The molecule has 29 heavy (non-hydrogen) atoms. The number of hydrogen-bond donors (Lipinski definition) is 1. The molecule has 0 aromatic carbocycles. The van der Waals surface area contributed by atoms with Gasteiger partial charge in [0, 0.05) is 20.7 Å². The summed E-state index contributed by atoms with van der Waals surface area (Å²) in [5.74, 6) is 0.637. The van der Waals surface area contributed by atoms with Gasteiger partial charge in [-0.1, -0.05) is 31.2 Å². The summed E-state index contributed by atoms with van der Waals surface area (Å²) in [6.07, 6.45) is -1.51. The van der Waals surface area contributed by atoms with Gasteiger partial charge in [-0.2, -0.15) is 0 Å². The number of aromatic nitrogens is 2. The molecule has 2 fully saturated rings. The third-order valence-corrected chi connectivity index (χ3v) is 8.36. The van der Waals surface area contributed by atoms with Crippen LogP contribution in [0, 0.1) is 3.57 Å². The minimum absolute atomic E-state index is 0.271. The smallest absolute Gasteiger partial charge is 0.198 e. The summed E-state index contributed by atoms with van der Waals surface area (Å²) in [7, 11) is -1.17. The lowest BCUT2D eigenvalue weighted by atomic mass is 10.1. The average molecular weight is 553 g/mol. The van der Waals surface area contributed by atoms with Crippen molar-refractivity contribution in [3.8, 4) is 5.88 Å². The minimum atomic E-state index is -1.17. The molecule has 160 valence electrons. The van der Waals surface area contributed by atoms with Crippen LogP contribution in [0.15, 0.2) is 12.1 Å². The van der Waals surface area contributed by atoms with Crippen LogP contribution in [0.4, 0.5) is 0 Å². The van der Waals surface area contributed by atoms with Crippen molar-refractivity contribution in [3.63, 3.8) is 0 Å². The number of aliphatic hydroxyl groups excluding tert-OH is 1. The second-order valence-electron chi connectivity index (χ2n) is 8.74. The molecular weight excluding hydrogens is 527 g/mol. The van der Waals surface area contributed by atoms with Gasteiger partial charge in [-0.15, -0.1) is 0 Å². The number of ether oxygens (including phenoxy) is 4. The second kappa shape index (κ2) is 8.60. The van der Waals surface area contributed by atoms with Gasteiger partial charge in [0.1, 0.15) is 30.2 Å². The van der Waals surface area contributed by atoms with Gasteiger partial charge in [-0.25, -0.2) is 4.98 Å². The maximum Gasteiger partial charge on any atom is 0.198 e. The van der Waals surface area contributed by atoms with Crippen LogP contribution in [0.3, 0.4) is 0 Å². The van der Waals surface area contributed by atoms with Gasteiger partial charge >= 0.3 is 0 Å². The molecule has 0 unspecified atom stereocenters. The van der Waals surface area contributed by atoms with Gasteiger partial charge in [0.25, 0.3) is 0 Å². The molecule has 0 radical (unpaired) electrons. The highest BCUT2D eigenvalue weighted by atomic mass is 127. The summed E-state index contributed by atoms with van der Waals surface area (Å²) < 4.78 is 26.5. The number of nitrogens with zero attached hydrogens (tertiary/aromatic N) is 2. The van der Waals surface area contributed by atoms with Crippen LogP contribution in [-0.4, -0.2) is 67.0 Å². The van der Waals surface area contributed by atoms with Crippen molar-refractivity contribution in [1.29, 1.82) is 0 Å². The Kier molecular flexibility index (Phi) is 6.46. The minimum Gasteiger partial charge on any atom is -0.470 e. The SMILES string of the molecule is C[Si](C)(C)CCOCn1c(O[C@@H]2CO[C@H]3[C@@H]2OC[C@H]3O)cc2nc(Cl)c(I)cc21. The fourth-order valence-corrected chi connectivity index (χ4v) is 4.89. The summed E-state index contributed by atoms with van der Waals surface area (Å²) >= 11 is 8.40. The van der Waals surface area contributed by atoms with Crippen molar-refractivity contribution in [2.45, 2.75) is 56.8 Å². The van der Waals surface area contributed by atoms with E-state index in [1.54, 1.807) is 0 Å². The molecular formula is C19H26ClIN2O5Si. The first-order chi connectivity index (χ1) is 13.7. The summed E-state index contributed by atoms with van der Waals surface area (Å²) in [5.41, 5.74) is 1.66. The highest BCUT2D eigenvalue weighted by Crippen LogP contribution is 2.33. The number of pyridine rings is 1. The molecule has 0 amide bonds. The van der Waals surface area contributed by atoms with Gasteiger partial charge in [0.05, 0.1) is 27.8 Å². The first-order valence-corrected chi connectivity index (χ1v) is 14.9. The van der Waals surface area contributed by atoms with Crippen LogP contribution in [0.2, 0.25) is 30.8 Å². The average Bonchev–Trinajstić information content (AvgIpc) is 3.29. The van der Waals surface area contributed by atoms with Crippen LogP contribution in [0.25, 0.3) is 11.0 Å². The predicted molar refractivity (Wildman–Crippen MR) is 121 cm³/mol. The van der Waals surface area contributed by atoms with E-state index >= 15 is 0 Å². The Morgan fingerprint density at radius 1 is 1.28 bits per heavy atom. The Balaban J connectivity index is 1.57. The highest BCUT2D eigenvalue weighted by molar-refractivity contribution is 14.1. The summed E-state index contributed by atoms with van der Waals surface area (Å²) in [4.78, 5) is 4.48. The van der Waals surface area contributed by atoms with E-state index in [9.17, 15) is 5.11 Å². The molecule has 0 aliphatic carbocycles. The van der Waals surface area contributed by atoms with Crippen molar-refractivity contribution in [2.24, 2.45) is 0 Å². The Morgan fingerprint density at radius 2 is 2.03 bits per heavy atom. The highest BCUT2D eigenvalue weighted by Gasteiger charge is 2.48. The van der Waals surface area contributed by atoms with E-state index in [0.717, 1.165) is 20.6 Å². The van der Waals surface area contributed by atoms with Crippen molar-refractivity contribution in [2.75, 3.05) is 19.8 Å². The van der Waals surface area contributed by atoms with Crippen molar-refractivity contribution >= 4 is 53.3 Å². The third kappa shape index (κ3) is 4.75. The van der Waals surface area contributed by atoms with Crippen LogP contribution in [0.5, 0.6) is 5.88 Å². The molecule has 2 aliphatic heterocycles. The molecule has 0 saturated carbocycles. The van der Waals surface area contributed by atoms with Gasteiger partial charge in [0.2, 0.25) is 0 Å². The van der Waals surface area contributed by atoms with E-state index in [-0.39, 0.29) is 24.9 Å². The maximum absolute atomic E-state index is 9.97. The normalized spacial score (nSPS) is 27.0. The molecule has 2 aliphatic rings. The lowest BCUT2D eigenvalue weighted by Gasteiger charge is -2.20. The number of aliphatic hydroxyl groups is 1. The lowest BCUT2D eigenvalue weighted by molar-refractivity contribution is 0.00479. The third-order valence-electron chi connectivity index (χ3n) is 5.23. The van der Waals surface area contributed by atoms with E-state index < -0.39 is 14.2 Å². The molecule has 7 nitrogen and oxygen atoms in total.